The van der Waals surface area contributed by atoms with Crippen molar-refractivity contribution in [3.63, 3.8) is 0 Å². The number of carboxylic acid groups (broad SMARTS) is 1. The minimum Gasteiger partial charge on any atom is -0.494 e. The zero-order valence-electron chi connectivity index (χ0n) is 13.9. The number of benzene rings is 2. The summed E-state index contributed by atoms with van der Waals surface area (Å²) >= 11 is 0. The lowest BCUT2D eigenvalue weighted by atomic mass is 10.2. The highest BCUT2D eigenvalue weighted by Crippen LogP contribution is 2.32. The Morgan fingerprint density at radius 2 is 1.77 bits per heavy atom. The summed E-state index contributed by atoms with van der Waals surface area (Å²) in [6.45, 7) is 2.04. The van der Waals surface area contributed by atoms with E-state index in [1.54, 1.807) is 31.2 Å². The Kier molecular flexibility index (Phi) is 6.32. The zero-order chi connectivity index (χ0) is 19.2. The van der Waals surface area contributed by atoms with Gasteiger partial charge < -0.3 is 19.9 Å². The summed E-state index contributed by atoms with van der Waals surface area (Å²) in [4.78, 5) is 10.5. The van der Waals surface area contributed by atoms with Crippen molar-refractivity contribution in [2.45, 2.75) is 25.6 Å². The molecule has 0 heterocycles. The maximum Gasteiger partial charge on any atom is 0.416 e. The molecule has 0 aliphatic carbocycles. The van der Waals surface area contributed by atoms with E-state index in [4.69, 9.17) is 14.6 Å². The van der Waals surface area contributed by atoms with Gasteiger partial charge in [-0.1, -0.05) is 6.07 Å². The normalized spacial score (nSPS) is 12.3. The Hall–Kier alpha value is -2.90. The van der Waals surface area contributed by atoms with E-state index in [0.29, 0.717) is 24.5 Å². The first-order valence-corrected chi connectivity index (χ1v) is 7.81. The first-order valence-electron chi connectivity index (χ1n) is 7.81. The lowest BCUT2D eigenvalue weighted by molar-refractivity contribution is -0.137. The van der Waals surface area contributed by atoms with Crippen molar-refractivity contribution < 1.29 is 32.5 Å². The minimum absolute atomic E-state index is 0.0852. The molecule has 5 nitrogen and oxygen atoms in total. The summed E-state index contributed by atoms with van der Waals surface area (Å²) in [5.74, 6) is 1.00. The van der Waals surface area contributed by atoms with E-state index < -0.39 is 17.8 Å². The summed E-state index contributed by atoms with van der Waals surface area (Å²) in [6.07, 6.45) is -5.02. The molecule has 0 bridgehead atoms. The van der Waals surface area contributed by atoms with Gasteiger partial charge in [0.05, 0.1) is 12.2 Å². The van der Waals surface area contributed by atoms with Crippen LogP contribution >= 0.6 is 0 Å². The molecule has 0 saturated carbocycles. The van der Waals surface area contributed by atoms with E-state index in [0.717, 1.165) is 12.1 Å². The van der Waals surface area contributed by atoms with Crippen LogP contribution in [0.15, 0.2) is 48.5 Å². The molecule has 26 heavy (non-hydrogen) atoms. The van der Waals surface area contributed by atoms with Crippen LogP contribution in [0, 0.1) is 0 Å². The number of amides is 1. The van der Waals surface area contributed by atoms with Crippen LogP contribution in [0.25, 0.3) is 0 Å². The van der Waals surface area contributed by atoms with Gasteiger partial charge in [-0.05, 0) is 49.4 Å². The highest BCUT2D eigenvalue weighted by molar-refractivity contribution is 5.64. The van der Waals surface area contributed by atoms with E-state index in [2.05, 4.69) is 5.32 Å². The summed E-state index contributed by atoms with van der Waals surface area (Å²) in [7, 11) is 0. The van der Waals surface area contributed by atoms with E-state index in [9.17, 15) is 18.0 Å². The van der Waals surface area contributed by atoms with Crippen LogP contribution in [-0.4, -0.2) is 23.8 Å². The van der Waals surface area contributed by atoms with Gasteiger partial charge in [0.15, 0.2) is 0 Å². The molecule has 2 N–H and O–H groups in total. The smallest absolute Gasteiger partial charge is 0.416 e. The predicted octanol–water partition coefficient (Wildman–Crippen LogP) is 4.92. The summed E-state index contributed by atoms with van der Waals surface area (Å²) in [5, 5.41) is 10.9. The molecular formula is C18H18F3NO4. The number of ether oxygens (including phenoxy) is 2. The van der Waals surface area contributed by atoms with Crippen LogP contribution in [0.2, 0.25) is 0 Å². The maximum atomic E-state index is 12.7. The van der Waals surface area contributed by atoms with Gasteiger partial charge in [-0.15, -0.1) is 0 Å². The molecule has 8 heteroatoms. The molecule has 0 fully saturated rings. The minimum atomic E-state index is -4.43. The maximum absolute atomic E-state index is 12.7. The van der Waals surface area contributed by atoms with Crippen LogP contribution < -0.4 is 14.8 Å². The molecule has 1 unspecified atom stereocenters. The Morgan fingerprint density at radius 3 is 2.38 bits per heavy atom. The lowest BCUT2D eigenvalue weighted by Crippen LogP contribution is -2.32. The number of hydrogen-bond donors (Lipinski definition) is 2. The summed E-state index contributed by atoms with van der Waals surface area (Å²) < 4.78 is 49.0. The SMILES string of the molecule is CC(CCOc1ccc(Oc2cccc(C(F)(F)F)c2)cc1)NC(=O)O. The number of halogens is 3. The molecule has 2 rings (SSSR count). The highest BCUT2D eigenvalue weighted by atomic mass is 19.4. The van der Waals surface area contributed by atoms with Crippen LogP contribution in [0.1, 0.15) is 18.9 Å². The van der Waals surface area contributed by atoms with Crippen LogP contribution in [-0.2, 0) is 6.18 Å². The van der Waals surface area contributed by atoms with Crippen molar-refractivity contribution >= 4 is 6.09 Å². The van der Waals surface area contributed by atoms with Crippen molar-refractivity contribution in [3.05, 3.63) is 54.1 Å². The molecule has 0 aliphatic heterocycles. The van der Waals surface area contributed by atoms with Gasteiger partial charge in [0.25, 0.3) is 0 Å². The van der Waals surface area contributed by atoms with Gasteiger partial charge in [0, 0.05) is 12.5 Å². The Labute approximate surface area is 148 Å². The molecule has 2 aromatic rings. The van der Waals surface area contributed by atoms with Crippen molar-refractivity contribution in [3.8, 4) is 17.2 Å². The second kappa shape index (κ2) is 8.46. The largest absolute Gasteiger partial charge is 0.494 e. The van der Waals surface area contributed by atoms with Crippen molar-refractivity contribution in [1.29, 1.82) is 0 Å². The van der Waals surface area contributed by atoms with Crippen molar-refractivity contribution in [2.75, 3.05) is 6.61 Å². The number of alkyl halides is 3. The van der Waals surface area contributed by atoms with Gasteiger partial charge in [-0.3, -0.25) is 0 Å². The van der Waals surface area contributed by atoms with Gasteiger partial charge in [-0.2, -0.15) is 13.2 Å². The van der Waals surface area contributed by atoms with E-state index in [1.165, 1.54) is 12.1 Å². The van der Waals surface area contributed by atoms with Gasteiger partial charge in [0.1, 0.15) is 17.2 Å². The Balaban J connectivity index is 1.89. The van der Waals surface area contributed by atoms with E-state index in [1.807, 2.05) is 0 Å². The molecule has 0 aromatic heterocycles. The second-order valence-electron chi connectivity index (χ2n) is 5.59. The standard InChI is InChI=1S/C18H18F3NO4/c1-12(22-17(23)24)9-10-25-14-5-7-15(8-6-14)26-16-4-2-3-13(11-16)18(19,20)21/h2-8,11-12,22H,9-10H2,1H3,(H,23,24). The van der Waals surface area contributed by atoms with Crippen molar-refractivity contribution in [1.82, 2.24) is 5.32 Å². The topological polar surface area (TPSA) is 67.8 Å². The van der Waals surface area contributed by atoms with E-state index >= 15 is 0 Å². The average molecular weight is 369 g/mol. The fraction of sp³-hybridized carbons (Fsp3) is 0.278. The molecule has 0 saturated heterocycles. The molecule has 1 atom stereocenters. The molecule has 0 aliphatic rings. The molecule has 0 spiro atoms. The monoisotopic (exact) mass is 369 g/mol. The highest BCUT2D eigenvalue weighted by Gasteiger charge is 2.30. The molecule has 1 amide bonds. The fourth-order valence-electron chi connectivity index (χ4n) is 2.11. The molecule has 2 aromatic carbocycles. The summed E-state index contributed by atoms with van der Waals surface area (Å²) in [5.41, 5.74) is -0.779. The number of rotatable bonds is 7. The Bertz CT molecular complexity index is 732. The number of hydrogen-bond acceptors (Lipinski definition) is 3. The number of nitrogens with one attached hydrogen (secondary N) is 1. The third-order valence-corrected chi connectivity index (χ3v) is 3.41. The lowest BCUT2D eigenvalue weighted by Gasteiger charge is -2.13. The first kappa shape index (κ1) is 19.4. The third kappa shape index (κ3) is 6.19. The van der Waals surface area contributed by atoms with E-state index in [-0.39, 0.29) is 11.8 Å². The third-order valence-electron chi connectivity index (χ3n) is 3.41. The van der Waals surface area contributed by atoms with Gasteiger partial charge in [-0.25, -0.2) is 4.79 Å². The second-order valence-corrected chi connectivity index (χ2v) is 5.59. The quantitative estimate of drug-likeness (QED) is 0.727. The van der Waals surface area contributed by atoms with Gasteiger partial charge >= 0.3 is 12.3 Å². The summed E-state index contributed by atoms with van der Waals surface area (Å²) in [6, 6.07) is 10.8. The van der Waals surface area contributed by atoms with Gasteiger partial charge in [0.2, 0.25) is 0 Å². The molecule has 140 valence electrons. The predicted molar refractivity (Wildman–Crippen MR) is 88.7 cm³/mol. The molecular weight excluding hydrogens is 351 g/mol. The first-order chi connectivity index (χ1) is 12.2. The zero-order valence-corrected chi connectivity index (χ0v) is 13.9. The molecule has 0 radical (unpaired) electrons. The number of carbonyl (C=O) groups is 1. The fourth-order valence-corrected chi connectivity index (χ4v) is 2.11. The Morgan fingerprint density at radius 1 is 1.12 bits per heavy atom. The van der Waals surface area contributed by atoms with Crippen LogP contribution in [0.4, 0.5) is 18.0 Å². The van der Waals surface area contributed by atoms with Crippen molar-refractivity contribution in [2.24, 2.45) is 0 Å². The van der Waals surface area contributed by atoms with Crippen LogP contribution in [0.3, 0.4) is 0 Å². The van der Waals surface area contributed by atoms with Crippen LogP contribution in [0.5, 0.6) is 17.2 Å². The average Bonchev–Trinajstić information content (AvgIpc) is 2.55.